The van der Waals surface area contributed by atoms with Gasteiger partial charge in [-0.05, 0) is 51.5 Å². The van der Waals surface area contributed by atoms with Gasteiger partial charge in [0, 0.05) is 4.47 Å². The molecule has 1 N–H and O–H groups in total. The molecule has 100 valence electrons. The highest BCUT2D eigenvalue weighted by Gasteiger charge is 2.19. The van der Waals surface area contributed by atoms with E-state index in [1.165, 1.54) is 12.1 Å². The predicted molar refractivity (Wildman–Crippen MR) is 71.9 cm³/mol. The van der Waals surface area contributed by atoms with Gasteiger partial charge >= 0.3 is 6.09 Å². The van der Waals surface area contributed by atoms with E-state index >= 15 is 0 Å². The van der Waals surface area contributed by atoms with Crippen molar-refractivity contribution in [1.29, 1.82) is 0 Å². The average molecular weight is 318 g/mol. The highest BCUT2D eigenvalue weighted by Crippen LogP contribution is 2.24. The van der Waals surface area contributed by atoms with Crippen LogP contribution in [0.4, 0.5) is 9.18 Å². The SMILES string of the molecule is CC(NC(=O)OC(C)(C)C)c1cc(F)ccc1Br. The first-order valence-corrected chi connectivity index (χ1v) is 6.43. The number of hydrogen-bond acceptors (Lipinski definition) is 2. The molecule has 3 nitrogen and oxygen atoms in total. The van der Waals surface area contributed by atoms with Crippen molar-refractivity contribution >= 4 is 22.0 Å². The van der Waals surface area contributed by atoms with Crippen molar-refractivity contribution in [3.05, 3.63) is 34.1 Å². The molecule has 5 heteroatoms. The molecule has 0 fully saturated rings. The van der Waals surface area contributed by atoms with Crippen LogP contribution in [0.3, 0.4) is 0 Å². The highest BCUT2D eigenvalue weighted by atomic mass is 79.9. The van der Waals surface area contributed by atoms with Crippen LogP contribution in [-0.4, -0.2) is 11.7 Å². The number of rotatable bonds is 2. The zero-order chi connectivity index (χ0) is 13.9. The quantitative estimate of drug-likeness (QED) is 0.888. The van der Waals surface area contributed by atoms with Crippen molar-refractivity contribution in [1.82, 2.24) is 5.32 Å². The maximum absolute atomic E-state index is 13.2. The number of alkyl carbamates (subject to hydrolysis) is 1. The van der Waals surface area contributed by atoms with Gasteiger partial charge in [-0.2, -0.15) is 0 Å². The van der Waals surface area contributed by atoms with Gasteiger partial charge in [0.15, 0.2) is 0 Å². The van der Waals surface area contributed by atoms with E-state index < -0.39 is 11.7 Å². The van der Waals surface area contributed by atoms with Gasteiger partial charge in [-0.25, -0.2) is 9.18 Å². The molecule has 0 heterocycles. The first-order valence-electron chi connectivity index (χ1n) is 5.63. The largest absolute Gasteiger partial charge is 0.444 e. The summed E-state index contributed by atoms with van der Waals surface area (Å²) in [6.07, 6.45) is -0.522. The second kappa shape index (κ2) is 5.69. The zero-order valence-corrected chi connectivity index (χ0v) is 12.5. The number of nitrogens with one attached hydrogen (secondary N) is 1. The van der Waals surface area contributed by atoms with Crippen LogP contribution in [0.1, 0.15) is 39.3 Å². The van der Waals surface area contributed by atoms with E-state index in [1.54, 1.807) is 33.8 Å². The Morgan fingerprint density at radius 2 is 2.06 bits per heavy atom. The molecule has 0 aromatic heterocycles. The molecule has 0 aliphatic rings. The molecular weight excluding hydrogens is 301 g/mol. The van der Waals surface area contributed by atoms with Gasteiger partial charge in [-0.1, -0.05) is 15.9 Å². The summed E-state index contributed by atoms with van der Waals surface area (Å²) in [5, 5.41) is 2.66. The molecule has 18 heavy (non-hydrogen) atoms. The Balaban J connectivity index is 2.73. The number of ether oxygens (including phenoxy) is 1. The lowest BCUT2D eigenvalue weighted by Gasteiger charge is -2.22. The molecule has 1 unspecified atom stereocenters. The molecule has 0 aliphatic heterocycles. The number of halogens is 2. The lowest BCUT2D eigenvalue weighted by atomic mass is 10.1. The van der Waals surface area contributed by atoms with Crippen LogP contribution in [0.2, 0.25) is 0 Å². The highest BCUT2D eigenvalue weighted by molar-refractivity contribution is 9.10. The summed E-state index contributed by atoms with van der Waals surface area (Å²) in [7, 11) is 0. The van der Waals surface area contributed by atoms with Gasteiger partial charge in [-0.3, -0.25) is 0 Å². The van der Waals surface area contributed by atoms with Crippen molar-refractivity contribution in [2.75, 3.05) is 0 Å². The van der Waals surface area contributed by atoms with Crippen molar-refractivity contribution < 1.29 is 13.9 Å². The van der Waals surface area contributed by atoms with E-state index in [0.717, 1.165) is 4.47 Å². The van der Waals surface area contributed by atoms with Crippen LogP contribution in [0.5, 0.6) is 0 Å². The fourth-order valence-electron chi connectivity index (χ4n) is 1.41. The molecule has 0 saturated carbocycles. The molecule has 0 saturated heterocycles. The standard InChI is InChI=1S/C13H17BrFNO2/c1-8(16-12(17)18-13(2,3)4)10-7-9(15)5-6-11(10)14/h5-8H,1-4H3,(H,16,17). The van der Waals surface area contributed by atoms with E-state index in [2.05, 4.69) is 21.2 Å². The summed E-state index contributed by atoms with van der Waals surface area (Å²) in [5.74, 6) is -0.342. The second-order valence-electron chi connectivity index (χ2n) is 5.03. The van der Waals surface area contributed by atoms with Gasteiger partial charge < -0.3 is 10.1 Å². The molecule has 1 rings (SSSR count). The summed E-state index contributed by atoms with van der Waals surface area (Å²) < 4.78 is 19.0. The maximum Gasteiger partial charge on any atom is 0.408 e. The first kappa shape index (κ1) is 15.0. The van der Waals surface area contributed by atoms with Gasteiger partial charge in [0.1, 0.15) is 11.4 Å². The monoisotopic (exact) mass is 317 g/mol. The average Bonchev–Trinajstić information content (AvgIpc) is 2.18. The zero-order valence-electron chi connectivity index (χ0n) is 10.9. The van der Waals surface area contributed by atoms with E-state index in [4.69, 9.17) is 4.74 Å². The fourth-order valence-corrected chi connectivity index (χ4v) is 2.00. The number of carbonyl (C=O) groups is 1. The molecule has 0 bridgehead atoms. The third-order valence-electron chi connectivity index (χ3n) is 2.16. The van der Waals surface area contributed by atoms with Crippen molar-refractivity contribution in [3.8, 4) is 0 Å². The van der Waals surface area contributed by atoms with E-state index in [9.17, 15) is 9.18 Å². The summed E-state index contributed by atoms with van der Waals surface area (Å²) in [5.41, 5.74) is 0.115. The minimum Gasteiger partial charge on any atom is -0.444 e. The number of benzene rings is 1. The van der Waals surface area contributed by atoms with Crippen LogP contribution in [0, 0.1) is 5.82 Å². The molecule has 0 aliphatic carbocycles. The van der Waals surface area contributed by atoms with E-state index in [-0.39, 0.29) is 11.9 Å². The Morgan fingerprint density at radius 3 is 2.61 bits per heavy atom. The van der Waals surface area contributed by atoms with E-state index in [0.29, 0.717) is 5.56 Å². The molecule has 1 atom stereocenters. The normalized spacial score (nSPS) is 13.0. The Morgan fingerprint density at radius 1 is 1.44 bits per heavy atom. The molecule has 1 aromatic rings. The summed E-state index contributed by atoms with van der Waals surface area (Å²) in [6, 6.07) is 4.00. The number of amides is 1. The second-order valence-corrected chi connectivity index (χ2v) is 5.89. The number of carbonyl (C=O) groups excluding carboxylic acids is 1. The Kier molecular flexibility index (Phi) is 4.73. The lowest BCUT2D eigenvalue weighted by Crippen LogP contribution is -2.34. The number of hydrogen-bond donors (Lipinski definition) is 1. The predicted octanol–water partition coefficient (Wildman–Crippen LogP) is 4.17. The Hall–Kier alpha value is -1.10. The minimum atomic E-state index is -0.553. The van der Waals surface area contributed by atoms with Crippen LogP contribution in [0.15, 0.2) is 22.7 Å². The third kappa shape index (κ3) is 4.64. The summed E-state index contributed by atoms with van der Waals surface area (Å²) in [6.45, 7) is 7.13. The third-order valence-corrected chi connectivity index (χ3v) is 2.88. The van der Waals surface area contributed by atoms with Crippen molar-refractivity contribution in [2.24, 2.45) is 0 Å². The van der Waals surface area contributed by atoms with Crippen LogP contribution in [-0.2, 0) is 4.74 Å². The van der Waals surface area contributed by atoms with Crippen LogP contribution in [0.25, 0.3) is 0 Å². The lowest BCUT2D eigenvalue weighted by molar-refractivity contribution is 0.0507. The Bertz CT molecular complexity index is 443. The molecule has 1 aromatic carbocycles. The molecule has 0 radical (unpaired) electrons. The molecule has 0 spiro atoms. The minimum absolute atomic E-state index is 0.342. The van der Waals surface area contributed by atoms with Gasteiger partial charge in [-0.15, -0.1) is 0 Å². The van der Waals surface area contributed by atoms with E-state index in [1.807, 2.05) is 0 Å². The van der Waals surface area contributed by atoms with Gasteiger partial charge in [0.25, 0.3) is 0 Å². The first-order chi connectivity index (χ1) is 8.19. The topological polar surface area (TPSA) is 38.3 Å². The molecular formula is C13H17BrFNO2. The van der Waals surface area contributed by atoms with Gasteiger partial charge in [0.05, 0.1) is 6.04 Å². The smallest absolute Gasteiger partial charge is 0.408 e. The maximum atomic E-state index is 13.2. The van der Waals surface area contributed by atoms with Crippen molar-refractivity contribution in [3.63, 3.8) is 0 Å². The van der Waals surface area contributed by atoms with Crippen molar-refractivity contribution in [2.45, 2.75) is 39.3 Å². The van der Waals surface area contributed by atoms with Gasteiger partial charge in [0.2, 0.25) is 0 Å². The fraction of sp³-hybridized carbons (Fsp3) is 0.462. The summed E-state index contributed by atoms with van der Waals surface area (Å²) >= 11 is 3.32. The molecule has 1 amide bonds. The van der Waals surface area contributed by atoms with Crippen LogP contribution < -0.4 is 5.32 Å². The van der Waals surface area contributed by atoms with Crippen LogP contribution >= 0.6 is 15.9 Å². The summed E-state index contributed by atoms with van der Waals surface area (Å²) in [4.78, 5) is 11.6. The Labute approximate surface area is 115 Å².